The molecule has 0 heterocycles. The summed E-state index contributed by atoms with van der Waals surface area (Å²) in [6.45, 7) is 4.90. The van der Waals surface area contributed by atoms with Crippen LogP contribution in [-0.2, 0) is 15.8 Å². The number of hydrogen-bond donors (Lipinski definition) is 2. The molecule has 0 spiro atoms. The summed E-state index contributed by atoms with van der Waals surface area (Å²) in [5.74, 6) is -2.42. The van der Waals surface area contributed by atoms with Gasteiger partial charge in [0.05, 0.1) is 22.4 Å². The smallest absolute Gasteiger partial charge is 0.343 e. The van der Waals surface area contributed by atoms with Gasteiger partial charge in [0.25, 0.3) is 5.91 Å². The lowest BCUT2D eigenvalue weighted by Crippen LogP contribution is -2.25. The molecule has 0 aliphatic carbocycles. The molecule has 5 nitrogen and oxygen atoms in total. The third-order valence-corrected chi connectivity index (χ3v) is 3.79. The van der Waals surface area contributed by atoms with Crippen LogP contribution in [0.2, 0.25) is 5.02 Å². The van der Waals surface area contributed by atoms with Crippen molar-refractivity contribution < 1.29 is 32.0 Å². The molecule has 0 saturated carbocycles. The Morgan fingerprint density at radius 2 is 1.69 bits per heavy atom. The van der Waals surface area contributed by atoms with Crippen LogP contribution in [0, 0.1) is 11.2 Å². The Bertz CT molecular complexity index is 940. The van der Waals surface area contributed by atoms with Gasteiger partial charge in [0, 0.05) is 10.6 Å². The molecule has 29 heavy (non-hydrogen) atoms. The third-order valence-electron chi connectivity index (χ3n) is 3.58. The van der Waals surface area contributed by atoms with E-state index in [1.165, 1.54) is 6.07 Å². The van der Waals surface area contributed by atoms with Crippen molar-refractivity contribution in [1.82, 2.24) is 0 Å². The van der Waals surface area contributed by atoms with Crippen LogP contribution in [0.3, 0.4) is 0 Å². The van der Waals surface area contributed by atoms with Crippen molar-refractivity contribution in [1.29, 1.82) is 0 Å². The molecular formula is C19H17ClF4N2O3. The number of halogens is 5. The molecule has 2 aromatic carbocycles. The highest BCUT2D eigenvalue weighted by Gasteiger charge is 2.31. The van der Waals surface area contributed by atoms with Crippen LogP contribution in [0.25, 0.3) is 0 Å². The molecule has 0 atom stereocenters. The molecular weight excluding hydrogens is 416 g/mol. The zero-order valence-corrected chi connectivity index (χ0v) is 16.3. The van der Waals surface area contributed by atoms with Crippen molar-refractivity contribution >= 4 is 34.9 Å². The molecule has 2 rings (SSSR count). The standard InChI is InChI=1S/C19H17ClF4N2O3/c1-18(2,3)17(28)29-26-13-4-5-14(21)15(9-13)25-16(27)10-6-11(19(22,23)24)8-12(20)7-10/h4-9,26H,1-3H3,(H,25,27). The van der Waals surface area contributed by atoms with Gasteiger partial charge in [-0.05, 0) is 57.2 Å². The zero-order chi connectivity index (χ0) is 22.0. The normalized spacial score (nSPS) is 11.7. The maximum atomic E-state index is 14.0. The number of carbonyl (C=O) groups excluding carboxylic acids is 2. The van der Waals surface area contributed by atoms with E-state index in [0.29, 0.717) is 12.1 Å². The van der Waals surface area contributed by atoms with E-state index >= 15 is 0 Å². The quantitative estimate of drug-likeness (QED) is 0.483. The van der Waals surface area contributed by atoms with Gasteiger partial charge in [0.15, 0.2) is 0 Å². The average Bonchev–Trinajstić information content (AvgIpc) is 2.59. The molecule has 0 unspecified atom stereocenters. The summed E-state index contributed by atoms with van der Waals surface area (Å²) in [6, 6.07) is 5.67. The van der Waals surface area contributed by atoms with Crippen molar-refractivity contribution in [2.24, 2.45) is 5.41 Å². The van der Waals surface area contributed by atoms with Gasteiger partial charge >= 0.3 is 12.1 Å². The fourth-order valence-electron chi connectivity index (χ4n) is 2.02. The van der Waals surface area contributed by atoms with E-state index < -0.39 is 40.4 Å². The van der Waals surface area contributed by atoms with Gasteiger partial charge in [-0.25, -0.2) is 14.7 Å². The van der Waals surface area contributed by atoms with Crippen LogP contribution in [0.5, 0.6) is 0 Å². The first-order chi connectivity index (χ1) is 13.3. The monoisotopic (exact) mass is 432 g/mol. The highest BCUT2D eigenvalue weighted by atomic mass is 35.5. The summed E-state index contributed by atoms with van der Waals surface area (Å²) >= 11 is 5.65. The van der Waals surface area contributed by atoms with Crippen LogP contribution in [0.1, 0.15) is 36.7 Å². The van der Waals surface area contributed by atoms with Crippen LogP contribution >= 0.6 is 11.6 Å². The summed E-state index contributed by atoms with van der Waals surface area (Å²) in [5.41, 5.74) is -0.158. The largest absolute Gasteiger partial charge is 0.416 e. The van der Waals surface area contributed by atoms with Gasteiger partial charge in [-0.3, -0.25) is 4.79 Å². The fraction of sp³-hybridized carbons (Fsp3) is 0.263. The number of anilines is 2. The first-order valence-electron chi connectivity index (χ1n) is 8.23. The van der Waals surface area contributed by atoms with Crippen molar-refractivity contribution in [3.8, 4) is 0 Å². The summed E-state index contributed by atoms with van der Waals surface area (Å²) < 4.78 is 52.7. The predicted octanol–water partition coefficient (Wildman–Crippen LogP) is 5.67. The maximum absolute atomic E-state index is 14.0. The van der Waals surface area contributed by atoms with E-state index in [4.69, 9.17) is 16.4 Å². The number of nitrogens with one attached hydrogen (secondary N) is 2. The number of benzene rings is 2. The van der Waals surface area contributed by atoms with Crippen LogP contribution in [0.15, 0.2) is 36.4 Å². The second-order valence-electron chi connectivity index (χ2n) is 7.12. The minimum atomic E-state index is -4.70. The van der Waals surface area contributed by atoms with Crippen molar-refractivity contribution in [2.75, 3.05) is 10.8 Å². The Morgan fingerprint density at radius 3 is 2.28 bits per heavy atom. The van der Waals surface area contributed by atoms with Gasteiger partial charge in [-0.1, -0.05) is 11.6 Å². The molecule has 0 bridgehead atoms. The molecule has 0 aliphatic rings. The van der Waals surface area contributed by atoms with E-state index in [2.05, 4.69) is 10.8 Å². The molecule has 2 aromatic rings. The van der Waals surface area contributed by atoms with E-state index in [0.717, 1.165) is 18.2 Å². The summed E-state index contributed by atoms with van der Waals surface area (Å²) in [5, 5.41) is 1.87. The van der Waals surface area contributed by atoms with E-state index in [9.17, 15) is 27.2 Å². The Hall–Kier alpha value is -2.81. The summed E-state index contributed by atoms with van der Waals surface area (Å²) in [6.07, 6.45) is -4.70. The number of alkyl halides is 3. The van der Waals surface area contributed by atoms with Crippen molar-refractivity contribution in [3.63, 3.8) is 0 Å². The first-order valence-corrected chi connectivity index (χ1v) is 8.61. The molecule has 0 saturated heterocycles. The van der Waals surface area contributed by atoms with Gasteiger partial charge < -0.3 is 10.2 Å². The highest BCUT2D eigenvalue weighted by molar-refractivity contribution is 6.31. The highest BCUT2D eigenvalue weighted by Crippen LogP contribution is 2.32. The van der Waals surface area contributed by atoms with Crippen molar-refractivity contribution in [2.45, 2.75) is 26.9 Å². The summed E-state index contributed by atoms with van der Waals surface area (Å²) in [4.78, 5) is 28.9. The van der Waals surface area contributed by atoms with Crippen LogP contribution in [0.4, 0.5) is 28.9 Å². The molecule has 2 N–H and O–H groups in total. The lowest BCUT2D eigenvalue weighted by molar-refractivity contribution is -0.149. The SMILES string of the molecule is CC(C)(C)C(=O)ONc1ccc(F)c(NC(=O)c2cc(Cl)cc(C(F)(F)F)c2)c1. The number of rotatable bonds is 4. The van der Waals surface area contributed by atoms with Gasteiger partial charge in [-0.15, -0.1) is 0 Å². The average molecular weight is 433 g/mol. The first kappa shape index (κ1) is 22.5. The number of amides is 1. The number of hydrogen-bond acceptors (Lipinski definition) is 4. The van der Waals surface area contributed by atoms with E-state index in [-0.39, 0.29) is 16.4 Å². The third kappa shape index (κ3) is 6.08. The van der Waals surface area contributed by atoms with E-state index in [1.54, 1.807) is 20.8 Å². The molecule has 10 heteroatoms. The second-order valence-corrected chi connectivity index (χ2v) is 7.55. The molecule has 1 amide bonds. The maximum Gasteiger partial charge on any atom is 0.416 e. The zero-order valence-electron chi connectivity index (χ0n) is 15.6. The fourth-order valence-corrected chi connectivity index (χ4v) is 2.26. The second kappa shape index (κ2) is 8.28. The Kier molecular flexibility index (Phi) is 6.42. The van der Waals surface area contributed by atoms with E-state index in [1.807, 2.05) is 0 Å². The topological polar surface area (TPSA) is 67.4 Å². The van der Waals surface area contributed by atoms with Gasteiger partial charge in [0.2, 0.25) is 0 Å². The van der Waals surface area contributed by atoms with Crippen LogP contribution in [-0.4, -0.2) is 11.9 Å². The molecule has 0 aromatic heterocycles. The molecule has 0 radical (unpaired) electrons. The minimum absolute atomic E-state index is 0.140. The van der Waals surface area contributed by atoms with Crippen LogP contribution < -0.4 is 10.8 Å². The lowest BCUT2D eigenvalue weighted by Gasteiger charge is -2.17. The van der Waals surface area contributed by atoms with Crippen molar-refractivity contribution in [3.05, 3.63) is 58.4 Å². The van der Waals surface area contributed by atoms with Gasteiger partial charge in [0.1, 0.15) is 5.82 Å². The Labute approximate surface area is 168 Å². The Balaban J connectivity index is 2.21. The van der Waals surface area contributed by atoms with Gasteiger partial charge in [-0.2, -0.15) is 13.2 Å². The number of carbonyl (C=O) groups is 2. The minimum Gasteiger partial charge on any atom is -0.343 e. The predicted molar refractivity (Wildman–Crippen MR) is 100.0 cm³/mol. The Morgan fingerprint density at radius 1 is 1.03 bits per heavy atom. The molecule has 0 aliphatic heterocycles. The molecule has 0 fully saturated rings. The summed E-state index contributed by atoms with van der Waals surface area (Å²) in [7, 11) is 0. The molecule has 156 valence electrons. The lowest BCUT2D eigenvalue weighted by atomic mass is 9.98.